The second-order valence-electron chi connectivity index (χ2n) is 8.41. The number of ether oxygens (including phenoxy) is 1. The van der Waals surface area contributed by atoms with E-state index in [0.717, 1.165) is 73.5 Å². The average molecular weight is 496 g/mol. The minimum absolute atomic E-state index is 0.0650. The van der Waals surface area contributed by atoms with Gasteiger partial charge in [0.2, 0.25) is 11.9 Å². The van der Waals surface area contributed by atoms with Gasteiger partial charge in [-0.15, -0.1) is 0 Å². The highest BCUT2D eigenvalue weighted by Gasteiger charge is 2.35. The molecule has 166 valence electrons. The van der Waals surface area contributed by atoms with E-state index in [0.29, 0.717) is 6.67 Å². The number of aromatic nitrogens is 2. The van der Waals surface area contributed by atoms with Crippen LogP contribution in [0.1, 0.15) is 11.7 Å². The zero-order valence-electron chi connectivity index (χ0n) is 17.8. The van der Waals surface area contributed by atoms with E-state index in [4.69, 9.17) is 14.7 Å². The highest BCUT2D eigenvalue weighted by molar-refractivity contribution is 9.10. The van der Waals surface area contributed by atoms with Crippen molar-refractivity contribution in [3.8, 4) is 0 Å². The van der Waals surface area contributed by atoms with Crippen molar-refractivity contribution in [2.75, 3.05) is 57.6 Å². The first-order chi connectivity index (χ1) is 15.8. The standard InChI is InChI=1S/C23H26BrN7O/c24-18-5-3-4-17(14-18)21-27-22-25-15-29(9-8-28-10-12-32-13-11-28)16-30(22)23-26-19-6-1-2-7-20(19)31(21)23/h1-7,14,21H,8-13,15-16H2,(H,25,27). The minimum Gasteiger partial charge on any atom is -0.379 e. The van der Waals surface area contributed by atoms with Crippen molar-refractivity contribution >= 4 is 38.9 Å². The molecule has 3 aliphatic heterocycles. The largest absolute Gasteiger partial charge is 0.379 e. The summed E-state index contributed by atoms with van der Waals surface area (Å²) < 4.78 is 8.83. The van der Waals surface area contributed by atoms with E-state index in [2.05, 4.69) is 83.0 Å². The van der Waals surface area contributed by atoms with Crippen molar-refractivity contribution in [2.24, 2.45) is 4.99 Å². The van der Waals surface area contributed by atoms with Gasteiger partial charge < -0.3 is 10.1 Å². The molecule has 2 aromatic carbocycles. The summed E-state index contributed by atoms with van der Waals surface area (Å²) in [6.45, 7) is 7.16. The van der Waals surface area contributed by atoms with Gasteiger partial charge in [-0.3, -0.25) is 19.3 Å². The topological polar surface area (TPSA) is 61.2 Å². The fraction of sp³-hybridized carbons (Fsp3) is 0.391. The van der Waals surface area contributed by atoms with Crippen LogP contribution in [0, 0.1) is 0 Å². The van der Waals surface area contributed by atoms with Crippen LogP contribution in [-0.4, -0.2) is 78.0 Å². The van der Waals surface area contributed by atoms with E-state index in [1.807, 2.05) is 6.07 Å². The fourth-order valence-electron chi connectivity index (χ4n) is 4.67. The van der Waals surface area contributed by atoms with Crippen LogP contribution in [0.2, 0.25) is 0 Å². The van der Waals surface area contributed by atoms with Gasteiger partial charge in [0.15, 0.2) is 0 Å². The molecule has 3 aromatic rings. The van der Waals surface area contributed by atoms with Crippen LogP contribution in [0.5, 0.6) is 0 Å². The van der Waals surface area contributed by atoms with E-state index in [-0.39, 0.29) is 6.17 Å². The summed E-state index contributed by atoms with van der Waals surface area (Å²) in [6.07, 6.45) is -0.0650. The normalized spacial score (nSPS) is 21.7. The fourth-order valence-corrected chi connectivity index (χ4v) is 5.08. The maximum absolute atomic E-state index is 5.48. The Labute approximate surface area is 195 Å². The molecule has 1 aromatic heterocycles. The molecule has 1 N–H and O–H groups in total. The van der Waals surface area contributed by atoms with Crippen LogP contribution >= 0.6 is 15.9 Å². The Morgan fingerprint density at radius 2 is 1.88 bits per heavy atom. The van der Waals surface area contributed by atoms with Gasteiger partial charge in [0, 0.05) is 30.7 Å². The summed E-state index contributed by atoms with van der Waals surface area (Å²) in [4.78, 5) is 17.0. The highest BCUT2D eigenvalue weighted by atomic mass is 79.9. The van der Waals surface area contributed by atoms with Crippen LogP contribution in [0.3, 0.4) is 0 Å². The Morgan fingerprint density at radius 1 is 1.03 bits per heavy atom. The molecule has 0 spiro atoms. The summed E-state index contributed by atoms with van der Waals surface area (Å²) in [5.74, 6) is 1.82. The molecule has 32 heavy (non-hydrogen) atoms. The van der Waals surface area contributed by atoms with Crippen LogP contribution in [-0.2, 0) is 4.74 Å². The van der Waals surface area contributed by atoms with Crippen LogP contribution in [0.25, 0.3) is 11.0 Å². The Hall–Kier alpha value is -2.46. The van der Waals surface area contributed by atoms with Crippen LogP contribution < -0.4 is 10.2 Å². The Balaban J connectivity index is 1.32. The number of morpholine rings is 1. The van der Waals surface area contributed by atoms with E-state index >= 15 is 0 Å². The lowest BCUT2D eigenvalue weighted by Crippen LogP contribution is -2.58. The molecule has 1 atom stereocenters. The van der Waals surface area contributed by atoms with Crippen molar-refractivity contribution in [3.05, 3.63) is 58.6 Å². The van der Waals surface area contributed by atoms with Gasteiger partial charge in [0.1, 0.15) is 6.17 Å². The van der Waals surface area contributed by atoms with Crippen LogP contribution in [0.4, 0.5) is 5.95 Å². The molecule has 0 amide bonds. The molecular formula is C23H26BrN7O. The number of rotatable bonds is 4. The quantitative estimate of drug-likeness (QED) is 0.600. The molecule has 8 nitrogen and oxygen atoms in total. The first-order valence-corrected chi connectivity index (χ1v) is 11.9. The summed E-state index contributed by atoms with van der Waals surface area (Å²) in [5.41, 5.74) is 3.28. The third-order valence-corrected chi connectivity index (χ3v) is 6.85. The molecule has 0 aliphatic carbocycles. The predicted octanol–water partition coefficient (Wildman–Crippen LogP) is 2.67. The van der Waals surface area contributed by atoms with E-state index < -0.39 is 0 Å². The molecular weight excluding hydrogens is 470 g/mol. The number of anilines is 1. The molecule has 4 heterocycles. The number of nitrogens with zero attached hydrogens (tertiary/aromatic N) is 6. The zero-order chi connectivity index (χ0) is 21.5. The number of fused-ring (bicyclic) bond motifs is 5. The van der Waals surface area contributed by atoms with Crippen molar-refractivity contribution in [1.82, 2.24) is 24.7 Å². The minimum atomic E-state index is -0.0650. The lowest BCUT2D eigenvalue weighted by atomic mass is 10.1. The first kappa shape index (κ1) is 20.2. The van der Waals surface area contributed by atoms with Gasteiger partial charge >= 0.3 is 0 Å². The zero-order valence-corrected chi connectivity index (χ0v) is 19.4. The number of benzene rings is 2. The highest BCUT2D eigenvalue weighted by Crippen LogP contribution is 2.34. The SMILES string of the molecule is Brc1cccc(C2NC3=NCN(CCN4CCOCC4)CN3c3nc4ccccc4n32)c1. The molecule has 1 fully saturated rings. The number of hydrogen-bond acceptors (Lipinski definition) is 7. The van der Waals surface area contributed by atoms with Gasteiger partial charge in [0.05, 0.1) is 37.6 Å². The van der Waals surface area contributed by atoms with Gasteiger partial charge in [-0.05, 0) is 29.8 Å². The lowest BCUT2D eigenvalue weighted by Gasteiger charge is -2.42. The Bertz CT molecular complexity index is 1160. The number of guanidine groups is 1. The van der Waals surface area contributed by atoms with Gasteiger partial charge in [-0.1, -0.05) is 40.2 Å². The predicted molar refractivity (Wildman–Crippen MR) is 129 cm³/mol. The molecule has 1 unspecified atom stereocenters. The van der Waals surface area contributed by atoms with E-state index in [9.17, 15) is 0 Å². The lowest BCUT2D eigenvalue weighted by molar-refractivity contribution is 0.0334. The maximum atomic E-state index is 5.48. The summed E-state index contributed by atoms with van der Waals surface area (Å²) in [7, 11) is 0. The van der Waals surface area contributed by atoms with Crippen LogP contribution in [0.15, 0.2) is 58.0 Å². The molecule has 3 aliphatic rings. The number of para-hydroxylation sites is 2. The number of imidazole rings is 1. The van der Waals surface area contributed by atoms with Crippen molar-refractivity contribution in [2.45, 2.75) is 6.17 Å². The van der Waals surface area contributed by atoms with E-state index in [1.54, 1.807) is 0 Å². The summed E-state index contributed by atoms with van der Waals surface area (Å²) in [5, 5.41) is 3.68. The van der Waals surface area contributed by atoms with Crippen molar-refractivity contribution < 1.29 is 4.74 Å². The Kier molecular flexibility index (Phi) is 5.34. The Morgan fingerprint density at radius 3 is 2.75 bits per heavy atom. The summed E-state index contributed by atoms with van der Waals surface area (Å²) >= 11 is 3.62. The van der Waals surface area contributed by atoms with E-state index in [1.165, 1.54) is 5.56 Å². The number of halogens is 1. The smallest absolute Gasteiger partial charge is 0.216 e. The maximum Gasteiger partial charge on any atom is 0.216 e. The molecule has 0 radical (unpaired) electrons. The number of hydrogen-bond donors (Lipinski definition) is 1. The van der Waals surface area contributed by atoms with Crippen molar-refractivity contribution in [3.63, 3.8) is 0 Å². The molecule has 1 saturated heterocycles. The molecule has 0 bridgehead atoms. The van der Waals surface area contributed by atoms with Gasteiger partial charge in [-0.2, -0.15) is 0 Å². The number of nitrogens with one attached hydrogen (secondary N) is 1. The van der Waals surface area contributed by atoms with Gasteiger partial charge in [-0.25, -0.2) is 9.98 Å². The monoisotopic (exact) mass is 495 g/mol. The first-order valence-electron chi connectivity index (χ1n) is 11.1. The van der Waals surface area contributed by atoms with Crippen molar-refractivity contribution in [1.29, 1.82) is 0 Å². The summed E-state index contributed by atoms with van der Waals surface area (Å²) in [6, 6.07) is 16.8. The molecule has 9 heteroatoms. The number of aliphatic imine (C=N–C) groups is 1. The second-order valence-corrected chi connectivity index (χ2v) is 9.33. The third-order valence-electron chi connectivity index (χ3n) is 6.36. The molecule has 0 saturated carbocycles. The second kappa shape index (κ2) is 8.47. The van der Waals surface area contributed by atoms with Gasteiger partial charge in [0.25, 0.3) is 0 Å². The molecule has 6 rings (SSSR count). The third kappa shape index (κ3) is 3.69. The average Bonchev–Trinajstić information content (AvgIpc) is 3.23.